The number of nitrogens with zero attached hydrogens (tertiary/aromatic N) is 1. The minimum atomic E-state index is -0.399. The lowest BCUT2D eigenvalue weighted by Gasteiger charge is -2.25. The number of carbonyl (C=O) groups is 2. The average Bonchev–Trinajstić information content (AvgIpc) is 3.17. The van der Waals surface area contributed by atoms with Crippen LogP contribution in [0.4, 0.5) is 11.4 Å². The largest absolute Gasteiger partial charge is 0.329 e. The predicted molar refractivity (Wildman–Crippen MR) is 86.6 cm³/mol. The third kappa shape index (κ3) is 2.73. The zero-order chi connectivity index (χ0) is 15.6. The standard InChI is InChI=1S/C17H23N3O2/c18-12-17(9-1-2-10-17)16(22)19-13-5-7-14(8-6-13)20-11-3-4-15(20)21/h5-8H,1-4,9-12,18H2,(H,19,22). The van der Waals surface area contributed by atoms with Gasteiger partial charge in [0.2, 0.25) is 11.8 Å². The Morgan fingerprint density at radius 1 is 1.18 bits per heavy atom. The first-order chi connectivity index (χ1) is 10.6. The summed E-state index contributed by atoms with van der Waals surface area (Å²) in [7, 11) is 0. The topological polar surface area (TPSA) is 75.4 Å². The summed E-state index contributed by atoms with van der Waals surface area (Å²) in [5.41, 5.74) is 7.10. The lowest BCUT2D eigenvalue weighted by Crippen LogP contribution is -2.40. The van der Waals surface area contributed by atoms with Crippen molar-refractivity contribution in [3.8, 4) is 0 Å². The predicted octanol–water partition coefficient (Wildman–Crippen LogP) is 2.27. The van der Waals surface area contributed by atoms with Crippen molar-refractivity contribution < 1.29 is 9.59 Å². The second-order valence-electron chi connectivity index (χ2n) is 6.34. The molecule has 0 bridgehead atoms. The molecule has 0 radical (unpaired) electrons. The number of carbonyl (C=O) groups excluding carboxylic acids is 2. The van der Waals surface area contributed by atoms with E-state index in [4.69, 9.17) is 5.73 Å². The maximum absolute atomic E-state index is 12.5. The molecule has 3 rings (SSSR count). The fourth-order valence-electron chi connectivity index (χ4n) is 3.49. The first-order valence-corrected chi connectivity index (χ1v) is 8.07. The van der Waals surface area contributed by atoms with Crippen LogP contribution in [0.1, 0.15) is 38.5 Å². The number of nitrogens with two attached hydrogens (primary N) is 1. The van der Waals surface area contributed by atoms with E-state index < -0.39 is 5.41 Å². The molecule has 1 aliphatic carbocycles. The normalized spacial score (nSPS) is 20.4. The van der Waals surface area contributed by atoms with E-state index in [1.165, 1.54) is 0 Å². The van der Waals surface area contributed by atoms with Gasteiger partial charge in [-0.15, -0.1) is 0 Å². The summed E-state index contributed by atoms with van der Waals surface area (Å²) >= 11 is 0. The van der Waals surface area contributed by atoms with Crippen molar-refractivity contribution >= 4 is 23.2 Å². The molecule has 1 saturated carbocycles. The van der Waals surface area contributed by atoms with Gasteiger partial charge in [-0.05, 0) is 43.5 Å². The highest BCUT2D eigenvalue weighted by Crippen LogP contribution is 2.38. The molecule has 0 aromatic heterocycles. The smallest absolute Gasteiger partial charge is 0.231 e. The van der Waals surface area contributed by atoms with E-state index in [2.05, 4.69) is 5.32 Å². The van der Waals surface area contributed by atoms with Gasteiger partial charge in [0, 0.05) is 30.9 Å². The maximum Gasteiger partial charge on any atom is 0.231 e. The van der Waals surface area contributed by atoms with Crippen molar-refractivity contribution in [1.82, 2.24) is 0 Å². The highest BCUT2D eigenvalue weighted by atomic mass is 16.2. The van der Waals surface area contributed by atoms with Crippen LogP contribution in [0.2, 0.25) is 0 Å². The summed E-state index contributed by atoms with van der Waals surface area (Å²) in [6.07, 6.45) is 5.42. The van der Waals surface area contributed by atoms with E-state index in [1.807, 2.05) is 24.3 Å². The quantitative estimate of drug-likeness (QED) is 0.895. The Morgan fingerprint density at radius 2 is 1.86 bits per heavy atom. The second kappa shape index (κ2) is 6.08. The Labute approximate surface area is 130 Å². The molecule has 2 aliphatic rings. The summed E-state index contributed by atoms with van der Waals surface area (Å²) in [5.74, 6) is 0.197. The molecule has 1 aromatic rings. The summed E-state index contributed by atoms with van der Waals surface area (Å²) < 4.78 is 0. The molecule has 1 aromatic carbocycles. The van der Waals surface area contributed by atoms with Crippen LogP contribution in [0, 0.1) is 5.41 Å². The highest BCUT2D eigenvalue weighted by molar-refractivity contribution is 5.97. The molecule has 0 atom stereocenters. The number of benzene rings is 1. The van der Waals surface area contributed by atoms with Crippen LogP contribution in [0.3, 0.4) is 0 Å². The van der Waals surface area contributed by atoms with Crippen molar-refractivity contribution in [2.24, 2.45) is 11.1 Å². The van der Waals surface area contributed by atoms with Crippen LogP contribution in [-0.4, -0.2) is 24.9 Å². The van der Waals surface area contributed by atoms with E-state index in [0.29, 0.717) is 13.0 Å². The molecule has 1 saturated heterocycles. The van der Waals surface area contributed by atoms with Gasteiger partial charge >= 0.3 is 0 Å². The maximum atomic E-state index is 12.5. The Hall–Kier alpha value is -1.88. The van der Waals surface area contributed by atoms with Gasteiger partial charge in [-0.2, -0.15) is 0 Å². The van der Waals surface area contributed by atoms with Crippen LogP contribution in [-0.2, 0) is 9.59 Å². The van der Waals surface area contributed by atoms with Crippen molar-refractivity contribution in [3.63, 3.8) is 0 Å². The SMILES string of the molecule is NCC1(C(=O)Nc2ccc(N3CCCC3=O)cc2)CCCC1. The molecule has 1 aliphatic heterocycles. The first-order valence-electron chi connectivity index (χ1n) is 8.07. The van der Waals surface area contributed by atoms with Crippen LogP contribution < -0.4 is 16.0 Å². The monoisotopic (exact) mass is 301 g/mol. The van der Waals surface area contributed by atoms with Crippen molar-refractivity contribution in [2.45, 2.75) is 38.5 Å². The number of hydrogen-bond donors (Lipinski definition) is 2. The van der Waals surface area contributed by atoms with Gasteiger partial charge in [-0.25, -0.2) is 0 Å². The van der Waals surface area contributed by atoms with Crippen LogP contribution in [0.15, 0.2) is 24.3 Å². The van der Waals surface area contributed by atoms with Crippen LogP contribution in [0.25, 0.3) is 0 Å². The van der Waals surface area contributed by atoms with Crippen LogP contribution >= 0.6 is 0 Å². The van der Waals surface area contributed by atoms with E-state index in [0.717, 1.165) is 50.0 Å². The third-order valence-corrected chi connectivity index (χ3v) is 4.94. The molecule has 22 heavy (non-hydrogen) atoms. The Kier molecular flexibility index (Phi) is 4.16. The van der Waals surface area contributed by atoms with Crippen molar-refractivity contribution in [1.29, 1.82) is 0 Å². The molecule has 118 valence electrons. The summed E-state index contributed by atoms with van der Waals surface area (Å²) in [5, 5.41) is 2.98. The second-order valence-corrected chi connectivity index (χ2v) is 6.34. The summed E-state index contributed by atoms with van der Waals surface area (Å²) in [6.45, 7) is 1.18. The van der Waals surface area contributed by atoms with Gasteiger partial charge < -0.3 is 16.0 Å². The minimum absolute atomic E-state index is 0.0255. The Bertz CT molecular complexity index is 562. The molecule has 5 heteroatoms. The fourth-order valence-corrected chi connectivity index (χ4v) is 3.49. The summed E-state index contributed by atoms with van der Waals surface area (Å²) in [6, 6.07) is 7.50. The molecule has 2 amide bonds. The number of hydrogen-bond acceptors (Lipinski definition) is 3. The lowest BCUT2D eigenvalue weighted by atomic mass is 9.85. The van der Waals surface area contributed by atoms with E-state index in [9.17, 15) is 9.59 Å². The molecule has 1 heterocycles. The van der Waals surface area contributed by atoms with Gasteiger partial charge in [0.25, 0.3) is 0 Å². The van der Waals surface area contributed by atoms with Gasteiger partial charge in [-0.3, -0.25) is 9.59 Å². The molecule has 5 nitrogen and oxygen atoms in total. The third-order valence-electron chi connectivity index (χ3n) is 4.94. The summed E-state index contributed by atoms with van der Waals surface area (Å²) in [4.78, 5) is 26.0. The van der Waals surface area contributed by atoms with Crippen molar-refractivity contribution in [2.75, 3.05) is 23.3 Å². The average molecular weight is 301 g/mol. The zero-order valence-electron chi connectivity index (χ0n) is 12.8. The van der Waals surface area contributed by atoms with Gasteiger partial charge in [0.1, 0.15) is 0 Å². The minimum Gasteiger partial charge on any atom is -0.329 e. The lowest BCUT2D eigenvalue weighted by molar-refractivity contribution is -0.124. The van der Waals surface area contributed by atoms with Crippen LogP contribution in [0.5, 0.6) is 0 Å². The van der Waals surface area contributed by atoms with Gasteiger partial charge in [-0.1, -0.05) is 12.8 Å². The van der Waals surface area contributed by atoms with Gasteiger partial charge in [0.05, 0.1) is 5.41 Å². The van der Waals surface area contributed by atoms with E-state index >= 15 is 0 Å². The molecular weight excluding hydrogens is 278 g/mol. The molecule has 0 unspecified atom stereocenters. The number of anilines is 2. The zero-order valence-corrected chi connectivity index (χ0v) is 12.8. The fraction of sp³-hybridized carbons (Fsp3) is 0.529. The Morgan fingerprint density at radius 3 is 2.41 bits per heavy atom. The van der Waals surface area contributed by atoms with Crippen molar-refractivity contribution in [3.05, 3.63) is 24.3 Å². The van der Waals surface area contributed by atoms with E-state index in [1.54, 1.807) is 4.90 Å². The Balaban J connectivity index is 1.68. The first kappa shape index (κ1) is 15.0. The van der Waals surface area contributed by atoms with E-state index in [-0.39, 0.29) is 11.8 Å². The highest BCUT2D eigenvalue weighted by Gasteiger charge is 2.39. The molecule has 0 spiro atoms. The number of nitrogens with one attached hydrogen (secondary N) is 1. The van der Waals surface area contributed by atoms with Gasteiger partial charge in [0.15, 0.2) is 0 Å². The molecule has 3 N–H and O–H groups in total. The number of amides is 2. The molecular formula is C17H23N3O2. The molecule has 2 fully saturated rings. The number of rotatable bonds is 4.